The molecule has 0 fully saturated rings. The van der Waals surface area contributed by atoms with E-state index in [4.69, 9.17) is 9.15 Å². The van der Waals surface area contributed by atoms with Crippen LogP contribution >= 0.6 is 0 Å². The molecule has 0 radical (unpaired) electrons. The van der Waals surface area contributed by atoms with Gasteiger partial charge in [0.1, 0.15) is 5.76 Å². The normalized spacial score (nSPS) is 12.1. The van der Waals surface area contributed by atoms with E-state index in [2.05, 4.69) is 10.4 Å². The van der Waals surface area contributed by atoms with Crippen LogP contribution in [-0.4, -0.2) is 41.4 Å². The van der Waals surface area contributed by atoms with Crippen LogP contribution in [0.5, 0.6) is 5.75 Å². The summed E-state index contributed by atoms with van der Waals surface area (Å²) >= 11 is 0. The molecule has 0 spiro atoms. The van der Waals surface area contributed by atoms with Crippen LogP contribution in [0.1, 0.15) is 18.7 Å². The molecule has 0 aliphatic heterocycles. The van der Waals surface area contributed by atoms with Crippen molar-refractivity contribution in [2.75, 3.05) is 20.7 Å². The van der Waals surface area contributed by atoms with Crippen LogP contribution in [0, 0.1) is 0 Å². The molecule has 2 amide bonds. The second kappa shape index (κ2) is 7.29. The first-order valence-corrected chi connectivity index (χ1v) is 8.14. The summed E-state index contributed by atoms with van der Waals surface area (Å²) in [5, 5.41) is 8.02. The lowest BCUT2D eigenvalue weighted by Gasteiger charge is -2.20. The van der Waals surface area contributed by atoms with Crippen LogP contribution in [0.3, 0.4) is 0 Å². The second-order valence-corrected chi connectivity index (χ2v) is 5.89. The Morgan fingerprint density at radius 1 is 1.44 bits per heavy atom. The molecule has 7 heteroatoms. The minimum absolute atomic E-state index is 0.160. The van der Waals surface area contributed by atoms with Gasteiger partial charge in [-0.1, -0.05) is 12.1 Å². The van der Waals surface area contributed by atoms with Crippen LogP contribution in [0.15, 0.2) is 47.1 Å². The average Bonchev–Trinajstić information content (AvgIpc) is 3.28. The highest BCUT2D eigenvalue weighted by Gasteiger charge is 2.18. The molecule has 7 nitrogen and oxygen atoms in total. The number of nitrogens with zero attached hydrogens (tertiary/aromatic N) is 3. The SMILES string of the molecule is COc1cccc2cc([C@H](C)NC(=O)N(C)CCn3cccn3)oc12. The maximum Gasteiger partial charge on any atom is 0.317 e. The van der Waals surface area contributed by atoms with Crippen molar-refractivity contribution in [2.24, 2.45) is 0 Å². The lowest BCUT2D eigenvalue weighted by Crippen LogP contribution is -2.40. The van der Waals surface area contributed by atoms with Gasteiger partial charge in [0.15, 0.2) is 11.3 Å². The third-order valence-electron chi connectivity index (χ3n) is 4.08. The number of furan rings is 1. The van der Waals surface area contributed by atoms with Gasteiger partial charge in [-0.2, -0.15) is 5.10 Å². The highest BCUT2D eigenvalue weighted by atomic mass is 16.5. The van der Waals surface area contributed by atoms with Gasteiger partial charge in [0, 0.05) is 31.4 Å². The highest BCUT2D eigenvalue weighted by molar-refractivity contribution is 5.84. The average molecular weight is 342 g/mol. The third-order valence-corrected chi connectivity index (χ3v) is 4.08. The fourth-order valence-electron chi connectivity index (χ4n) is 2.58. The Morgan fingerprint density at radius 2 is 2.28 bits per heavy atom. The summed E-state index contributed by atoms with van der Waals surface area (Å²) in [5.41, 5.74) is 0.688. The number of benzene rings is 1. The number of urea groups is 1. The van der Waals surface area contributed by atoms with Gasteiger partial charge in [0.25, 0.3) is 0 Å². The molecule has 0 unspecified atom stereocenters. The topological polar surface area (TPSA) is 72.5 Å². The van der Waals surface area contributed by atoms with Gasteiger partial charge in [0.05, 0.1) is 19.7 Å². The zero-order valence-electron chi connectivity index (χ0n) is 14.6. The summed E-state index contributed by atoms with van der Waals surface area (Å²) in [6, 6.07) is 9.08. The minimum atomic E-state index is -0.253. The van der Waals surface area contributed by atoms with Crippen molar-refractivity contribution in [3.05, 3.63) is 48.5 Å². The summed E-state index contributed by atoms with van der Waals surface area (Å²) in [5.74, 6) is 1.37. The molecule has 0 bridgehead atoms. The lowest BCUT2D eigenvalue weighted by molar-refractivity contribution is 0.201. The Morgan fingerprint density at radius 3 is 3.00 bits per heavy atom. The Kier molecular flexibility index (Phi) is 4.92. The Hall–Kier alpha value is -2.96. The number of fused-ring (bicyclic) bond motifs is 1. The number of ether oxygens (including phenoxy) is 1. The van der Waals surface area contributed by atoms with Gasteiger partial charge in [-0.3, -0.25) is 4.68 Å². The van der Waals surface area contributed by atoms with Crippen LogP contribution in [-0.2, 0) is 6.54 Å². The molecule has 0 aliphatic rings. The zero-order valence-corrected chi connectivity index (χ0v) is 14.6. The van der Waals surface area contributed by atoms with Crippen molar-refractivity contribution in [1.29, 1.82) is 0 Å². The summed E-state index contributed by atoms with van der Waals surface area (Å²) in [4.78, 5) is 14.0. The number of amides is 2. The van der Waals surface area contributed by atoms with E-state index in [1.54, 1.807) is 29.9 Å². The molecule has 3 rings (SSSR count). The van der Waals surface area contributed by atoms with Crippen LogP contribution in [0.2, 0.25) is 0 Å². The number of nitrogens with one attached hydrogen (secondary N) is 1. The molecule has 0 aliphatic carbocycles. The lowest BCUT2D eigenvalue weighted by atomic mass is 10.2. The van der Waals surface area contributed by atoms with E-state index in [1.165, 1.54) is 0 Å². The van der Waals surface area contributed by atoms with Gasteiger partial charge < -0.3 is 19.4 Å². The van der Waals surface area contributed by atoms with Crippen molar-refractivity contribution in [1.82, 2.24) is 20.0 Å². The van der Waals surface area contributed by atoms with E-state index in [0.29, 0.717) is 30.2 Å². The number of methoxy groups -OCH3 is 1. The van der Waals surface area contributed by atoms with Gasteiger partial charge in [-0.05, 0) is 25.1 Å². The number of para-hydroxylation sites is 1. The summed E-state index contributed by atoms with van der Waals surface area (Å²) in [6.45, 7) is 3.10. The number of rotatable bonds is 6. The predicted molar refractivity (Wildman–Crippen MR) is 94.6 cm³/mol. The number of likely N-dealkylation sites (N-methyl/N-ethyl adjacent to an activating group) is 1. The van der Waals surface area contributed by atoms with Gasteiger partial charge in [-0.15, -0.1) is 0 Å². The van der Waals surface area contributed by atoms with Crippen LogP contribution in [0.25, 0.3) is 11.0 Å². The fourth-order valence-corrected chi connectivity index (χ4v) is 2.58. The van der Waals surface area contributed by atoms with Crippen molar-refractivity contribution >= 4 is 17.0 Å². The summed E-state index contributed by atoms with van der Waals surface area (Å²) < 4.78 is 13.0. The molecule has 3 aromatic rings. The van der Waals surface area contributed by atoms with E-state index in [1.807, 2.05) is 43.5 Å². The van der Waals surface area contributed by atoms with Crippen molar-refractivity contribution in [2.45, 2.75) is 19.5 Å². The fraction of sp³-hybridized carbons (Fsp3) is 0.333. The first-order chi connectivity index (χ1) is 12.1. The Bertz CT molecular complexity index is 841. The molecular weight excluding hydrogens is 320 g/mol. The first kappa shape index (κ1) is 16.9. The zero-order chi connectivity index (χ0) is 17.8. The Labute approximate surface area is 146 Å². The molecule has 0 saturated carbocycles. The molecule has 1 aromatic carbocycles. The minimum Gasteiger partial charge on any atom is -0.493 e. The summed E-state index contributed by atoms with van der Waals surface area (Å²) in [7, 11) is 3.37. The van der Waals surface area contributed by atoms with Crippen molar-refractivity contribution in [3.63, 3.8) is 0 Å². The maximum absolute atomic E-state index is 12.3. The maximum atomic E-state index is 12.3. The molecular formula is C18H22N4O3. The first-order valence-electron chi connectivity index (χ1n) is 8.14. The van der Waals surface area contributed by atoms with E-state index < -0.39 is 0 Å². The van der Waals surface area contributed by atoms with Crippen LogP contribution in [0.4, 0.5) is 4.79 Å². The largest absolute Gasteiger partial charge is 0.493 e. The predicted octanol–water partition coefficient (Wildman–Crippen LogP) is 3.04. The molecule has 132 valence electrons. The van der Waals surface area contributed by atoms with Gasteiger partial charge >= 0.3 is 6.03 Å². The highest BCUT2D eigenvalue weighted by Crippen LogP contribution is 2.30. The number of carbonyl (C=O) groups is 1. The summed E-state index contributed by atoms with van der Waals surface area (Å²) in [6.07, 6.45) is 3.59. The quantitative estimate of drug-likeness (QED) is 0.747. The molecule has 1 N–H and O–H groups in total. The molecule has 1 atom stereocenters. The molecule has 0 saturated heterocycles. The van der Waals surface area contributed by atoms with E-state index >= 15 is 0 Å². The van der Waals surface area contributed by atoms with E-state index in [0.717, 1.165) is 5.39 Å². The van der Waals surface area contributed by atoms with E-state index in [-0.39, 0.29) is 12.1 Å². The Balaban J connectivity index is 1.62. The number of aromatic nitrogens is 2. The number of hydrogen-bond acceptors (Lipinski definition) is 4. The van der Waals surface area contributed by atoms with Gasteiger partial charge in [0.2, 0.25) is 0 Å². The van der Waals surface area contributed by atoms with Crippen molar-refractivity contribution < 1.29 is 13.9 Å². The van der Waals surface area contributed by atoms with E-state index in [9.17, 15) is 4.79 Å². The van der Waals surface area contributed by atoms with Crippen LogP contribution < -0.4 is 10.1 Å². The second-order valence-electron chi connectivity index (χ2n) is 5.89. The molecule has 25 heavy (non-hydrogen) atoms. The number of carbonyl (C=O) groups excluding carboxylic acids is 1. The smallest absolute Gasteiger partial charge is 0.317 e. The van der Waals surface area contributed by atoms with Gasteiger partial charge in [-0.25, -0.2) is 4.79 Å². The third kappa shape index (κ3) is 3.76. The standard InChI is InChI=1S/C18H22N4O3/c1-13(16-12-14-6-4-7-15(24-3)17(14)25-16)20-18(23)21(2)10-11-22-9-5-8-19-22/h4-9,12-13H,10-11H2,1-3H3,(H,20,23)/t13-/m0/s1. The molecule has 2 aromatic heterocycles. The molecule has 2 heterocycles. The monoisotopic (exact) mass is 342 g/mol. The van der Waals surface area contributed by atoms with Crippen molar-refractivity contribution in [3.8, 4) is 5.75 Å². The number of hydrogen-bond donors (Lipinski definition) is 1.